The number of hydrogen-bond donors (Lipinski definition) is 3. The van der Waals surface area contributed by atoms with E-state index in [2.05, 4.69) is 15.5 Å². The van der Waals surface area contributed by atoms with Crippen LogP contribution < -0.4 is 10.1 Å². The van der Waals surface area contributed by atoms with E-state index in [1.54, 1.807) is 12.3 Å². The molecule has 0 fully saturated rings. The molecule has 3 N–H and O–H groups in total. The summed E-state index contributed by atoms with van der Waals surface area (Å²) in [4.78, 5) is 0. The first kappa shape index (κ1) is 11.7. The molecular formula is C9H15N3O3. The second-order valence-corrected chi connectivity index (χ2v) is 2.96. The Balaban J connectivity index is 2.50. The second-order valence-electron chi connectivity index (χ2n) is 2.96. The summed E-state index contributed by atoms with van der Waals surface area (Å²) in [6.07, 6.45) is 0.688. The largest absolute Gasteiger partial charge is 0.474 e. The summed E-state index contributed by atoms with van der Waals surface area (Å²) in [7, 11) is 0. The number of aliphatic hydroxyl groups is 2. The molecule has 15 heavy (non-hydrogen) atoms. The van der Waals surface area contributed by atoms with Crippen molar-refractivity contribution in [1.29, 1.82) is 0 Å². The van der Waals surface area contributed by atoms with E-state index in [-0.39, 0.29) is 13.2 Å². The summed E-state index contributed by atoms with van der Waals surface area (Å²) in [5, 5.41) is 28.1. The fraction of sp³-hybridized carbons (Fsp3) is 0.556. The van der Waals surface area contributed by atoms with Gasteiger partial charge in [0.05, 0.1) is 18.5 Å². The number of hydrogen-bond acceptors (Lipinski definition) is 6. The van der Waals surface area contributed by atoms with Crippen molar-refractivity contribution in [2.24, 2.45) is 0 Å². The number of ether oxygens (including phenoxy) is 1. The summed E-state index contributed by atoms with van der Waals surface area (Å²) in [6, 6.07) is 1.68. The number of nitrogens with zero attached hydrogens (tertiary/aromatic N) is 2. The van der Waals surface area contributed by atoms with Gasteiger partial charge in [-0.15, -0.1) is 5.10 Å². The van der Waals surface area contributed by atoms with E-state index in [1.165, 1.54) is 0 Å². The fourth-order valence-corrected chi connectivity index (χ4v) is 0.953. The van der Waals surface area contributed by atoms with Crippen LogP contribution in [-0.4, -0.2) is 46.3 Å². The van der Waals surface area contributed by atoms with Crippen molar-refractivity contribution >= 4 is 5.69 Å². The summed E-state index contributed by atoms with van der Waals surface area (Å²) >= 11 is 0. The maximum Gasteiger partial charge on any atom is 0.235 e. The van der Waals surface area contributed by atoms with Crippen molar-refractivity contribution in [3.63, 3.8) is 0 Å². The molecule has 0 spiro atoms. The molecule has 0 saturated heterocycles. The molecule has 0 aromatic carbocycles. The Morgan fingerprint density at radius 3 is 3.07 bits per heavy atom. The van der Waals surface area contributed by atoms with Gasteiger partial charge in [-0.05, 0) is 6.92 Å². The molecule has 1 heterocycles. The van der Waals surface area contributed by atoms with Crippen LogP contribution in [0.15, 0.2) is 12.3 Å². The number of nitrogens with one attached hydrogen (secondary N) is 1. The molecule has 0 amide bonds. The maximum atomic E-state index is 9.05. The third-order valence-corrected chi connectivity index (χ3v) is 1.65. The minimum Gasteiger partial charge on any atom is -0.474 e. The highest BCUT2D eigenvalue weighted by Crippen LogP contribution is 2.11. The summed E-state index contributed by atoms with van der Waals surface area (Å²) < 4.78 is 5.12. The zero-order valence-electron chi connectivity index (χ0n) is 8.55. The topological polar surface area (TPSA) is 87.5 Å². The molecule has 1 rings (SSSR count). The Bertz CT molecular complexity index is 296. The van der Waals surface area contributed by atoms with Gasteiger partial charge in [-0.3, -0.25) is 0 Å². The average molecular weight is 213 g/mol. The number of anilines is 1. The van der Waals surface area contributed by atoms with E-state index < -0.39 is 6.10 Å². The predicted octanol–water partition coefficient (Wildman–Crippen LogP) is -0.360. The van der Waals surface area contributed by atoms with Gasteiger partial charge in [-0.1, -0.05) is 0 Å². The maximum absolute atomic E-state index is 9.05. The van der Waals surface area contributed by atoms with Gasteiger partial charge in [0.25, 0.3) is 0 Å². The first-order valence-electron chi connectivity index (χ1n) is 4.74. The van der Waals surface area contributed by atoms with E-state index in [0.29, 0.717) is 5.88 Å². The van der Waals surface area contributed by atoms with Gasteiger partial charge in [0.15, 0.2) is 0 Å². The van der Waals surface area contributed by atoms with Crippen LogP contribution in [0.5, 0.6) is 5.88 Å². The Hall–Kier alpha value is -1.40. The van der Waals surface area contributed by atoms with Crippen molar-refractivity contribution in [2.75, 3.05) is 25.1 Å². The fourth-order valence-electron chi connectivity index (χ4n) is 0.953. The van der Waals surface area contributed by atoms with Gasteiger partial charge >= 0.3 is 0 Å². The van der Waals surface area contributed by atoms with Crippen LogP contribution in [0.4, 0.5) is 5.69 Å². The smallest absolute Gasteiger partial charge is 0.235 e. The molecule has 1 aromatic rings. The molecule has 0 aliphatic carbocycles. The van der Waals surface area contributed by atoms with Crippen LogP contribution in [0.3, 0.4) is 0 Å². The lowest BCUT2D eigenvalue weighted by Gasteiger charge is -2.09. The quantitative estimate of drug-likeness (QED) is 0.598. The number of rotatable bonds is 6. The highest BCUT2D eigenvalue weighted by Gasteiger charge is 2.04. The van der Waals surface area contributed by atoms with Gasteiger partial charge in [0, 0.05) is 12.6 Å². The molecule has 0 aliphatic rings. The minimum atomic E-state index is -0.894. The molecular weight excluding hydrogens is 198 g/mol. The average Bonchev–Trinajstić information content (AvgIpc) is 2.27. The van der Waals surface area contributed by atoms with Gasteiger partial charge in [-0.25, -0.2) is 0 Å². The van der Waals surface area contributed by atoms with Gasteiger partial charge in [-0.2, -0.15) is 5.10 Å². The normalized spacial score (nSPS) is 12.2. The Labute approximate surface area is 87.9 Å². The highest BCUT2D eigenvalue weighted by molar-refractivity contribution is 5.42. The molecule has 84 valence electrons. The van der Waals surface area contributed by atoms with Gasteiger partial charge in [0.1, 0.15) is 12.7 Å². The van der Waals surface area contributed by atoms with Crippen molar-refractivity contribution in [3.8, 4) is 5.88 Å². The zero-order chi connectivity index (χ0) is 11.1. The van der Waals surface area contributed by atoms with Crippen LogP contribution in [0.25, 0.3) is 0 Å². The van der Waals surface area contributed by atoms with E-state index in [0.717, 1.165) is 12.2 Å². The standard InChI is InChI=1S/C9H15N3O3/c1-2-10-7-3-9(12-11-4-7)15-6-8(14)5-13/h3-4,8,13-14H,2,5-6H2,1H3,(H,10,12)/t8-/m0/s1. The van der Waals surface area contributed by atoms with Crippen molar-refractivity contribution in [1.82, 2.24) is 10.2 Å². The van der Waals surface area contributed by atoms with Crippen LogP contribution in [0, 0.1) is 0 Å². The predicted molar refractivity (Wildman–Crippen MR) is 54.8 cm³/mol. The lowest BCUT2D eigenvalue weighted by atomic mass is 10.4. The monoisotopic (exact) mass is 213 g/mol. The molecule has 6 nitrogen and oxygen atoms in total. The zero-order valence-corrected chi connectivity index (χ0v) is 8.55. The van der Waals surface area contributed by atoms with E-state index >= 15 is 0 Å². The van der Waals surface area contributed by atoms with E-state index in [1.807, 2.05) is 6.92 Å². The minimum absolute atomic E-state index is 0.000752. The van der Waals surface area contributed by atoms with Crippen LogP contribution in [0.1, 0.15) is 6.92 Å². The SMILES string of the molecule is CCNc1cnnc(OC[C@@H](O)CO)c1. The third-order valence-electron chi connectivity index (χ3n) is 1.65. The second kappa shape index (κ2) is 6.15. The van der Waals surface area contributed by atoms with Crippen molar-refractivity contribution in [3.05, 3.63) is 12.3 Å². The molecule has 0 radical (unpaired) electrons. The van der Waals surface area contributed by atoms with Crippen LogP contribution in [0.2, 0.25) is 0 Å². The van der Waals surface area contributed by atoms with Crippen LogP contribution >= 0.6 is 0 Å². The van der Waals surface area contributed by atoms with Gasteiger partial charge in [0.2, 0.25) is 5.88 Å². The van der Waals surface area contributed by atoms with Gasteiger partial charge < -0.3 is 20.3 Å². The van der Waals surface area contributed by atoms with Crippen LogP contribution in [-0.2, 0) is 0 Å². The molecule has 0 aliphatic heterocycles. The van der Waals surface area contributed by atoms with E-state index in [9.17, 15) is 0 Å². The third kappa shape index (κ3) is 4.09. The Morgan fingerprint density at radius 2 is 2.40 bits per heavy atom. The van der Waals surface area contributed by atoms with Crippen molar-refractivity contribution < 1.29 is 14.9 Å². The summed E-state index contributed by atoms with van der Waals surface area (Å²) in [6.45, 7) is 2.42. The molecule has 0 bridgehead atoms. The molecule has 0 unspecified atom stereocenters. The number of aliphatic hydroxyl groups excluding tert-OH is 2. The molecule has 1 aromatic heterocycles. The van der Waals surface area contributed by atoms with E-state index in [4.69, 9.17) is 14.9 Å². The Kier molecular flexibility index (Phi) is 4.79. The Morgan fingerprint density at radius 1 is 1.60 bits per heavy atom. The first-order chi connectivity index (χ1) is 7.26. The molecule has 1 atom stereocenters. The highest BCUT2D eigenvalue weighted by atomic mass is 16.5. The lowest BCUT2D eigenvalue weighted by Crippen LogP contribution is -2.21. The lowest BCUT2D eigenvalue weighted by molar-refractivity contribution is 0.0518. The summed E-state index contributed by atoms with van der Waals surface area (Å²) in [5.41, 5.74) is 0.806. The van der Waals surface area contributed by atoms with Crippen molar-refractivity contribution in [2.45, 2.75) is 13.0 Å². The number of aromatic nitrogens is 2. The summed E-state index contributed by atoms with van der Waals surface area (Å²) in [5.74, 6) is 0.320. The molecule has 6 heteroatoms. The first-order valence-corrected chi connectivity index (χ1v) is 4.74. The molecule has 0 saturated carbocycles.